The second-order valence-electron chi connectivity index (χ2n) is 6.10. The van der Waals surface area contributed by atoms with Crippen LogP contribution in [0.3, 0.4) is 0 Å². The maximum absolute atomic E-state index is 3.36. The molecular formula is C22H24ClN. The lowest BCUT2D eigenvalue weighted by atomic mass is 9.98. The van der Waals surface area contributed by atoms with Crippen molar-refractivity contribution in [2.24, 2.45) is 0 Å². The smallest absolute Gasteiger partial charge is 0.139 e. The second kappa shape index (κ2) is 9.98. The van der Waals surface area contributed by atoms with Crippen LogP contribution in [-0.2, 0) is 0 Å². The molecule has 2 heteroatoms. The van der Waals surface area contributed by atoms with Crippen LogP contribution in [0.2, 0.25) is 0 Å². The molecule has 1 aliphatic rings. The first-order chi connectivity index (χ1) is 11.4. The van der Waals surface area contributed by atoms with Crippen LogP contribution in [0.25, 0.3) is 5.57 Å². The Hall–Kier alpha value is -2.01. The first-order valence-electron chi connectivity index (χ1n) is 8.56. The number of hydrogen-bond donors (Lipinski definition) is 1. The van der Waals surface area contributed by atoms with Crippen molar-refractivity contribution in [2.75, 3.05) is 19.6 Å². The number of allylic oxidation sites excluding steroid dienone is 1. The van der Waals surface area contributed by atoms with Gasteiger partial charge in [-0.1, -0.05) is 66.6 Å². The van der Waals surface area contributed by atoms with Gasteiger partial charge in [-0.3, -0.25) is 0 Å². The highest BCUT2D eigenvalue weighted by molar-refractivity contribution is 5.81. The zero-order valence-electron chi connectivity index (χ0n) is 14.0. The normalized spacial score (nSPS) is 14.0. The lowest BCUT2D eigenvalue weighted by Crippen LogP contribution is -3.12. The number of rotatable bonds is 3. The van der Waals surface area contributed by atoms with Gasteiger partial charge in [-0.25, -0.2) is 0 Å². The van der Waals surface area contributed by atoms with Gasteiger partial charge in [-0.05, 0) is 48.0 Å². The Kier molecular flexibility index (Phi) is 7.62. The lowest BCUT2D eigenvalue weighted by molar-refractivity contribution is -0.897. The Morgan fingerprint density at radius 3 is 1.92 bits per heavy atom. The summed E-state index contributed by atoms with van der Waals surface area (Å²) in [6.45, 7) is 3.53. The summed E-state index contributed by atoms with van der Waals surface area (Å²) in [5, 5.41) is 0. The molecule has 124 valence electrons. The summed E-state index contributed by atoms with van der Waals surface area (Å²) in [6.07, 6.45) is 6.18. The number of quaternary nitrogens is 1. The second-order valence-corrected chi connectivity index (χ2v) is 6.10. The Morgan fingerprint density at radius 1 is 0.833 bits per heavy atom. The van der Waals surface area contributed by atoms with Gasteiger partial charge in [0.1, 0.15) is 6.54 Å². The van der Waals surface area contributed by atoms with Crippen molar-refractivity contribution in [3.8, 4) is 11.8 Å². The average molecular weight is 338 g/mol. The quantitative estimate of drug-likeness (QED) is 0.763. The summed E-state index contributed by atoms with van der Waals surface area (Å²) in [4.78, 5) is 1.64. The Balaban J connectivity index is 0.00000208. The van der Waals surface area contributed by atoms with Gasteiger partial charge in [0.25, 0.3) is 0 Å². The van der Waals surface area contributed by atoms with Gasteiger partial charge in [0, 0.05) is 0 Å². The third kappa shape index (κ3) is 5.27. The minimum absolute atomic E-state index is 0. The van der Waals surface area contributed by atoms with E-state index in [9.17, 15) is 0 Å². The molecule has 3 rings (SSSR count). The van der Waals surface area contributed by atoms with E-state index >= 15 is 0 Å². The molecule has 0 bridgehead atoms. The summed E-state index contributed by atoms with van der Waals surface area (Å²) < 4.78 is 0. The number of nitrogens with one attached hydrogen (secondary N) is 1. The fourth-order valence-electron chi connectivity index (χ4n) is 3.10. The third-order valence-electron chi connectivity index (χ3n) is 4.39. The van der Waals surface area contributed by atoms with Crippen LogP contribution in [0.4, 0.5) is 0 Å². The largest absolute Gasteiger partial charge is 1.00 e. The maximum Gasteiger partial charge on any atom is 0.139 e. The topological polar surface area (TPSA) is 4.44 Å². The molecule has 0 saturated carbocycles. The molecule has 0 unspecified atom stereocenters. The van der Waals surface area contributed by atoms with E-state index < -0.39 is 0 Å². The molecule has 1 saturated heterocycles. The van der Waals surface area contributed by atoms with Crippen molar-refractivity contribution in [1.29, 1.82) is 0 Å². The average Bonchev–Trinajstić information content (AvgIpc) is 2.64. The van der Waals surface area contributed by atoms with Gasteiger partial charge in [-0.15, -0.1) is 0 Å². The molecule has 2 aromatic carbocycles. The molecule has 1 aliphatic heterocycles. The highest BCUT2D eigenvalue weighted by Gasteiger charge is 2.10. The minimum atomic E-state index is 0. The van der Waals surface area contributed by atoms with Crippen LogP contribution >= 0.6 is 0 Å². The van der Waals surface area contributed by atoms with Crippen LogP contribution in [0.1, 0.15) is 30.4 Å². The highest BCUT2D eigenvalue weighted by atomic mass is 35.5. The molecule has 0 spiro atoms. The van der Waals surface area contributed by atoms with E-state index in [0.29, 0.717) is 0 Å². The molecule has 24 heavy (non-hydrogen) atoms. The van der Waals surface area contributed by atoms with Crippen molar-refractivity contribution in [3.63, 3.8) is 0 Å². The van der Waals surface area contributed by atoms with E-state index in [1.54, 1.807) is 4.90 Å². The summed E-state index contributed by atoms with van der Waals surface area (Å²) in [5.74, 6) is 6.66. The third-order valence-corrected chi connectivity index (χ3v) is 4.39. The van der Waals surface area contributed by atoms with Crippen molar-refractivity contribution < 1.29 is 17.3 Å². The van der Waals surface area contributed by atoms with Gasteiger partial charge < -0.3 is 17.3 Å². The van der Waals surface area contributed by atoms with E-state index in [2.05, 4.69) is 78.6 Å². The minimum Gasteiger partial charge on any atom is -1.00 e. The van der Waals surface area contributed by atoms with E-state index in [-0.39, 0.29) is 12.4 Å². The molecule has 1 heterocycles. The summed E-state index contributed by atoms with van der Waals surface area (Å²) in [5.41, 5.74) is 3.64. The number of piperidine rings is 1. The number of halogens is 1. The molecule has 1 fully saturated rings. The van der Waals surface area contributed by atoms with Crippen LogP contribution in [-0.4, -0.2) is 19.6 Å². The molecule has 0 radical (unpaired) electrons. The predicted octanol–water partition coefficient (Wildman–Crippen LogP) is 0.195. The van der Waals surface area contributed by atoms with Crippen LogP contribution in [0, 0.1) is 11.8 Å². The zero-order chi connectivity index (χ0) is 15.7. The summed E-state index contributed by atoms with van der Waals surface area (Å²) in [6, 6.07) is 21.0. The Labute approximate surface area is 151 Å². The zero-order valence-corrected chi connectivity index (χ0v) is 14.7. The molecule has 0 aliphatic carbocycles. The summed E-state index contributed by atoms with van der Waals surface area (Å²) in [7, 11) is 0. The van der Waals surface area contributed by atoms with Gasteiger partial charge in [0.05, 0.1) is 13.1 Å². The number of likely N-dealkylation sites (tertiary alicyclic amines) is 1. The lowest BCUT2D eigenvalue weighted by Gasteiger charge is -2.20. The van der Waals surface area contributed by atoms with Crippen molar-refractivity contribution in [3.05, 3.63) is 77.9 Å². The Bertz CT molecular complexity index is 647. The number of hydrogen-bond acceptors (Lipinski definition) is 0. The molecule has 1 nitrogen and oxygen atoms in total. The van der Waals surface area contributed by atoms with Crippen molar-refractivity contribution in [2.45, 2.75) is 19.3 Å². The van der Waals surface area contributed by atoms with E-state index in [0.717, 1.165) is 6.54 Å². The van der Waals surface area contributed by atoms with Gasteiger partial charge in [-0.2, -0.15) is 0 Å². The SMILES string of the molecule is C(#CC[NH+]1CCCCC1)C=C(c1ccccc1)c1ccccc1.[Cl-]. The Morgan fingerprint density at radius 2 is 1.38 bits per heavy atom. The molecule has 2 aromatic rings. The molecule has 0 amide bonds. The van der Waals surface area contributed by atoms with E-state index in [4.69, 9.17) is 0 Å². The molecule has 0 atom stereocenters. The molecular weight excluding hydrogens is 314 g/mol. The van der Waals surface area contributed by atoms with Crippen molar-refractivity contribution in [1.82, 2.24) is 0 Å². The molecule has 0 aromatic heterocycles. The van der Waals surface area contributed by atoms with Gasteiger partial charge in [0.2, 0.25) is 0 Å². The summed E-state index contributed by atoms with van der Waals surface area (Å²) >= 11 is 0. The van der Waals surface area contributed by atoms with Gasteiger partial charge >= 0.3 is 0 Å². The monoisotopic (exact) mass is 337 g/mol. The first-order valence-corrected chi connectivity index (χ1v) is 8.56. The van der Waals surface area contributed by atoms with Crippen molar-refractivity contribution >= 4 is 5.57 Å². The van der Waals surface area contributed by atoms with E-state index in [1.807, 2.05) is 0 Å². The fraction of sp³-hybridized carbons (Fsp3) is 0.273. The predicted molar refractivity (Wildman–Crippen MR) is 97.2 cm³/mol. The van der Waals surface area contributed by atoms with E-state index in [1.165, 1.54) is 49.1 Å². The van der Waals surface area contributed by atoms with Crippen LogP contribution in [0.5, 0.6) is 0 Å². The van der Waals surface area contributed by atoms with Crippen LogP contribution in [0.15, 0.2) is 66.7 Å². The van der Waals surface area contributed by atoms with Gasteiger partial charge in [0.15, 0.2) is 0 Å². The fourth-order valence-corrected chi connectivity index (χ4v) is 3.10. The highest BCUT2D eigenvalue weighted by Crippen LogP contribution is 2.22. The maximum atomic E-state index is 3.36. The standard InChI is InChI=1S/C22H23N.ClH/c1-4-12-20(13-5-1)22(21-14-6-2-7-15-21)16-8-11-19-23-17-9-3-10-18-23;/h1-2,4-7,12-16H,3,9-10,17-19H2;1H. The van der Waals surface area contributed by atoms with Crippen LogP contribution < -0.4 is 17.3 Å². The number of benzene rings is 2. The first kappa shape index (κ1) is 18.3. The molecule has 1 N–H and O–H groups in total.